The van der Waals surface area contributed by atoms with E-state index < -0.39 is 0 Å². The van der Waals surface area contributed by atoms with Gasteiger partial charge in [-0.1, -0.05) is 6.07 Å². The number of nitrogens with zero attached hydrogens (tertiary/aromatic N) is 1. The van der Waals surface area contributed by atoms with Gasteiger partial charge >= 0.3 is 0 Å². The van der Waals surface area contributed by atoms with Gasteiger partial charge in [0.15, 0.2) is 0 Å². The molecule has 1 aliphatic rings. The van der Waals surface area contributed by atoms with Crippen molar-refractivity contribution in [2.75, 3.05) is 19.8 Å². The van der Waals surface area contributed by atoms with Crippen molar-refractivity contribution in [2.24, 2.45) is 0 Å². The maximum absolute atomic E-state index is 12.2. The molecule has 0 aromatic carbocycles. The van der Waals surface area contributed by atoms with Crippen molar-refractivity contribution in [3.05, 3.63) is 22.4 Å². The Morgan fingerprint density at radius 2 is 2.41 bits per heavy atom. The fraction of sp³-hybridized carbons (Fsp3) is 0.615. The molecule has 17 heavy (non-hydrogen) atoms. The minimum atomic E-state index is -0.162. The van der Waals surface area contributed by atoms with Gasteiger partial charge in [0.05, 0.1) is 18.8 Å². The summed E-state index contributed by atoms with van der Waals surface area (Å²) in [5.74, 6) is 0.242. The van der Waals surface area contributed by atoms with Crippen LogP contribution in [0.4, 0.5) is 0 Å². The van der Waals surface area contributed by atoms with Crippen molar-refractivity contribution in [3.8, 4) is 0 Å². The molecule has 0 unspecified atom stereocenters. The minimum Gasteiger partial charge on any atom is -0.377 e. The second-order valence-electron chi connectivity index (χ2n) is 4.99. The highest BCUT2D eigenvalue weighted by Crippen LogP contribution is 2.21. The molecular weight excluding hydrogens is 234 g/mol. The lowest BCUT2D eigenvalue weighted by Gasteiger charge is -2.42. The molecule has 1 amide bonds. The Morgan fingerprint density at radius 1 is 1.59 bits per heavy atom. The van der Waals surface area contributed by atoms with Crippen molar-refractivity contribution in [1.82, 2.24) is 4.90 Å². The lowest BCUT2D eigenvalue weighted by Crippen LogP contribution is -2.55. The number of rotatable bonds is 3. The number of carbonyl (C=O) groups is 1. The molecule has 1 aromatic rings. The first-order chi connectivity index (χ1) is 8.09. The molecule has 3 nitrogen and oxygen atoms in total. The summed E-state index contributed by atoms with van der Waals surface area (Å²) in [5.41, 5.74) is -0.162. The number of thiophene rings is 1. The second-order valence-corrected chi connectivity index (χ2v) is 6.02. The first-order valence-electron chi connectivity index (χ1n) is 6.00. The van der Waals surface area contributed by atoms with Gasteiger partial charge in [-0.05, 0) is 31.7 Å². The third-order valence-electron chi connectivity index (χ3n) is 3.11. The van der Waals surface area contributed by atoms with Gasteiger partial charge in [-0.15, -0.1) is 11.3 Å². The maximum atomic E-state index is 12.2. The number of morpholine rings is 1. The summed E-state index contributed by atoms with van der Waals surface area (Å²) >= 11 is 1.72. The van der Waals surface area contributed by atoms with Crippen LogP contribution < -0.4 is 0 Å². The van der Waals surface area contributed by atoms with Crippen LogP contribution in [-0.2, 0) is 16.0 Å². The van der Waals surface area contributed by atoms with Crippen molar-refractivity contribution in [2.45, 2.75) is 32.2 Å². The Morgan fingerprint density at radius 3 is 3.06 bits per heavy atom. The average molecular weight is 253 g/mol. The van der Waals surface area contributed by atoms with Crippen LogP contribution in [0.5, 0.6) is 0 Å². The Kier molecular flexibility index (Phi) is 3.84. The molecule has 2 rings (SSSR count). The highest BCUT2D eigenvalue weighted by Gasteiger charge is 2.33. The van der Waals surface area contributed by atoms with Gasteiger partial charge in [-0.25, -0.2) is 0 Å². The fourth-order valence-corrected chi connectivity index (χ4v) is 2.85. The van der Waals surface area contributed by atoms with E-state index in [2.05, 4.69) is 25.3 Å². The van der Waals surface area contributed by atoms with Crippen molar-refractivity contribution in [3.63, 3.8) is 0 Å². The number of hydrogen-bond donors (Lipinski definition) is 0. The van der Waals surface area contributed by atoms with E-state index in [4.69, 9.17) is 4.74 Å². The van der Waals surface area contributed by atoms with E-state index in [0.717, 1.165) is 13.0 Å². The smallest absolute Gasteiger partial charge is 0.223 e. The summed E-state index contributed by atoms with van der Waals surface area (Å²) in [4.78, 5) is 15.4. The third kappa shape index (κ3) is 3.07. The summed E-state index contributed by atoms with van der Waals surface area (Å²) < 4.78 is 5.42. The van der Waals surface area contributed by atoms with Gasteiger partial charge in [0.2, 0.25) is 5.91 Å². The number of aryl methyl sites for hydroxylation is 1. The molecule has 0 N–H and O–H groups in total. The lowest BCUT2D eigenvalue weighted by atomic mass is 10.0. The predicted molar refractivity (Wildman–Crippen MR) is 69.3 cm³/mol. The van der Waals surface area contributed by atoms with E-state index in [1.54, 1.807) is 11.3 Å². The molecule has 0 radical (unpaired) electrons. The number of carbonyl (C=O) groups excluding carboxylic acids is 1. The van der Waals surface area contributed by atoms with Crippen LogP contribution in [0.1, 0.15) is 25.1 Å². The van der Waals surface area contributed by atoms with E-state index in [9.17, 15) is 4.79 Å². The van der Waals surface area contributed by atoms with Crippen LogP contribution in [0.15, 0.2) is 17.5 Å². The molecule has 0 bridgehead atoms. The Bertz CT molecular complexity index is 373. The first kappa shape index (κ1) is 12.6. The van der Waals surface area contributed by atoms with Crippen LogP contribution >= 0.6 is 11.3 Å². The van der Waals surface area contributed by atoms with E-state index in [-0.39, 0.29) is 11.4 Å². The molecule has 0 aliphatic carbocycles. The van der Waals surface area contributed by atoms with Crippen LogP contribution in [-0.4, -0.2) is 36.1 Å². The third-order valence-corrected chi connectivity index (χ3v) is 4.05. The number of ether oxygens (including phenoxy) is 1. The van der Waals surface area contributed by atoms with Crippen molar-refractivity contribution >= 4 is 17.2 Å². The molecule has 0 spiro atoms. The zero-order valence-corrected chi connectivity index (χ0v) is 11.3. The molecule has 1 fully saturated rings. The van der Waals surface area contributed by atoms with Crippen LogP contribution in [0.2, 0.25) is 0 Å². The summed E-state index contributed by atoms with van der Waals surface area (Å²) in [6, 6.07) is 4.12. The molecule has 94 valence electrons. The summed E-state index contributed by atoms with van der Waals surface area (Å²) in [7, 11) is 0. The standard InChI is InChI=1S/C13H19NO2S/c1-13(2)10-16-8-7-14(13)12(15)6-5-11-4-3-9-17-11/h3-4,9H,5-8,10H2,1-2H3. The van der Waals surface area contributed by atoms with Crippen LogP contribution in [0, 0.1) is 0 Å². The topological polar surface area (TPSA) is 29.5 Å². The van der Waals surface area contributed by atoms with E-state index >= 15 is 0 Å². The minimum absolute atomic E-state index is 0.162. The molecule has 0 atom stereocenters. The molecule has 1 aromatic heterocycles. The fourth-order valence-electron chi connectivity index (χ4n) is 2.14. The van der Waals surface area contributed by atoms with Crippen molar-refractivity contribution in [1.29, 1.82) is 0 Å². The van der Waals surface area contributed by atoms with E-state index in [1.807, 2.05) is 11.0 Å². The highest BCUT2D eigenvalue weighted by molar-refractivity contribution is 7.09. The zero-order chi connectivity index (χ0) is 12.3. The normalized spacial score (nSPS) is 19.3. The summed E-state index contributed by atoms with van der Waals surface area (Å²) in [5, 5.41) is 2.05. The SMILES string of the molecule is CC1(C)COCCN1C(=O)CCc1cccs1. The van der Waals surface area contributed by atoms with Crippen LogP contribution in [0.3, 0.4) is 0 Å². The van der Waals surface area contributed by atoms with E-state index in [1.165, 1.54) is 4.88 Å². The Labute approximate surface area is 106 Å². The maximum Gasteiger partial charge on any atom is 0.223 e. The molecule has 4 heteroatoms. The summed E-state index contributed by atoms with van der Waals surface area (Å²) in [6.45, 7) is 6.15. The largest absolute Gasteiger partial charge is 0.377 e. The van der Waals surface area contributed by atoms with Gasteiger partial charge in [0, 0.05) is 17.8 Å². The average Bonchev–Trinajstić information content (AvgIpc) is 2.78. The monoisotopic (exact) mass is 253 g/mol. The van der Waals surface area contributed by atoms with Gasteiger partial charge < -0.3 is 9.64 Å². The Balaban J connectivity index is 1.90. The molecular formula is C13H19NO2S. The zero-order valence-electron chi connectivity index (χ0n) is 10.4. The predicted octanol–water partition coefficient (Wildman–Crippen LogP) is 2.32. The first-order valence-corrected chi connectivity index (χ1v) is 6.88. The number of amides is 1. The van der Waals surface area contributed by atoms with Gasteiger partial charge in [-0.3, -0.25) is 4.79 Å². The van der Waals surface area contributed by atoms with E-state index in [0.29, 0.717) is 19.6 Å². The molecule has 1 saturated heterocycles. The molecule has 1 aliphatic heterocycles. The van der Waals surface area contributed by atoms with Gasteiger partial charge in [-0.2, -0.15) is 0 Å². The van der Waals surface area contributed by atoms with Gasteiger partial charge in [0.1, 0.15) is 0 Å². The Hall–Kier alpha value is -0.870. The quantitative estimate of drug-likeness (QED) is 0.827. The van der Waals surface area contributed by atoms with Crippen LogP contribution in [0.25, 0.3) is 0 Å². The molecule has 2 heterocycles. The second kappa shape index (κ2) is 5.19. The lowest BCUT2D eigenvalue weighted by molar-refractivity contribution is -0.146. The summed E-state index contributed by atoms with van der Waals surface area (Å²) in [6.07, 6.45) is 1.45. The number of hydrogen-bond acceptors (Lipinski definition) is 3. The molecule has 0 saturated carbocycles. The highest BCUT2D eigenvalue weighted by atomic mass is 32.1. The van der Waals surface area contributed by atoms with Crippen molar-refractivity contribution < 1.29 is 9.53 Å². The van der Waals surface area contributed by atoms with Gasteiger partial charge in [0.25, 0.3) is 0 Å².